The van der Waals surface area contributed by atoms with Gasteiger partial charge in [-0.05, 0) is 92.3 Å². The van der Waals surface area contributed by atoms with E-state index in [0.29, 0.717) is 42.3 Å². The third kappa shape index (κ3) is 8.60. The van der Waals surface area contributed by atoms with E-state index < -0.39 is 24.9 Å². The Kier molecular flexibility index (Phi) is 12.4. The number of Topliss-reactive ketones (excluding diaryl/α,β-unsaturated/α-hetero) is 1. The molecule has 0 aromatic heterocycles. The molecule has 4 aliphatic rings. The molecule has 4 aliphatic carbocycles. The van der Waals surface area contributed by atoms with Crippen LogP contribution >= 0.6 is 0 Å². The Morgan fingerprint density at radius 2 is 1.58 bits per heavy atom. The zero-order chi connectivity index (χ0) is 32.9. The molecule has 0 bridgehead atoms. The summed E-state index contributed by atoms with van der Waals surface area (Å²) in [5.41, 5.74) is 0.0694. The van der Waals surface area contributed by atoms with Crippen molar-refractivity contribution in [1.29, 1.82) is 0 Å². The van der Waals surface area contributed by atoms with E-state index in [1.54, 1.807) is 0 Å². The maximum absolute atomic E-state index is 12.9. The smallest absolute Gasteiger partial charge is 0.393 e. The number of aliphatic hydroxyl groups excluding tert-OH is 1. The molecule has 10 heteroatoms. The molecular formula is C35H56F5NO4. The van der Waals surface area contributed by atoms with Crippen LogP contribution in [-0.4, -0.2) is 54.3 Å². The molecular weight excluding hydrogens is 593 g/mol. The molecule has 4 fully saturated rings. The molecule has 0 aromatic carbocycles. The van der Waals surface area contributed by atoms with Crippen LogP contribution in [0, 0.1) is 34.5 Å². The number of ketones is 1. The third-order valence-corrected chi connectivity index (χ3v) is 12.4. The molecule has 260 valence electrons. The van der Waals surface area contributed by atoms with Gasteiger partial charge in [-0.3, -0.25) is 9.59 Å². The van der Waals surface area contributed by atoms with Gasteiger partial charge in [0.2, 0.25) is 5.91 Å². The van der Waals surface area contributed by atoms with E-state index in [-0.39, 0.29) is 41.9 Å². The predicted octanol–water partition coefficient (Wildman–Crippen LogP) is 8.56. The number of amides is 1. The lowest BCUT2D eigenvalue weighted by Crippen LogP contribution is -2.60. The second-order valence-electron chi connectivity index (χ2n) is 15.3. The first-order valence-electron chi connectivity index (χ1n) is 17.7. The van der Waals surface area contributed by atoms with Gasteiger partial charge in [-0.1, -0.05) is 52.4 Å². The largest absolute Gasteiger partial charge is 0.453 e. The summed E-state index contributed by atoms with van der Waals surface area (Å²) < 4.78 is 69.1. The van der Waals surface area contributed by atoms with Crippen LogP contribution in [0.2, 0.25) is 0 Å². The van der Waals surface area contributed by atoms with E-state index in [2.05, 4.69) is 19.2 Å². The number of hydrogen-bond acceptors (Lipinski definition) is 4. The Morgan fingerprint density at radius 3 is 2.27 bits per heavy atom. The number of fused-ring (bicyclic) bond motifs is 5. The van der Waals surface area contributed by atoms with E-state index >= 15 is 0 Å². The molecule has 0 aliphatic heterocycles. The minimum Gasteiger partial charge on any atom is -0.393 e. The highest BCUT2D eigenvalue weighted by molar-refractivity contribution is 5.79. The van der Waals surface area contributed by atoms with Crippen molar-refractivity contribution >= 4 is 11.7 Å². The van der Waals surface area contributed by atoms with Gasteiger partial charge in [0.1, 0.15) is 5.78 Å². The lowest BCUT2D eigenvalue weighted by molar-refractivity contribution is -0.284. The number of alkyl halides is 5. The van der Waals surface area contributed by atoms with Gasteiger partial charge in [0.25, 0.3) is 0 Å². The summed E-state index contributed by atoms with van der Waals surface area (Å²) in [7, 11) is 0. The average Bonchev–Trinajstić information content (AvgIpc) is 3.27. The van der Waals surface area contributed by atoms with E-state index in [1.807, 2.05) is 0 Å². The molecule has 0 aromatic rings. The van der Waals surface area contributed by atoms with Crippen molar-refractivity contribution in [1.82, 2.24) is 5.32 Å². The number of nitrogens with one attached hydrogen (secondary N) is 1. The summed E-state index contributed by atoms with van der Waals surface area (Å²) in [6.07, 6.45) is 8.37. The van der Waals surface area contributed by atoms with Crippen molar-refractivity contribution in [2.45, 2.75) is 160 Å². The fraction of sp³-hybridized carbons (Fsp3) is 0.943. The molecule has 0 spiro atoms. The molecule has 4 saturated carbocycles. The number of unbranched alkanes of at least 4 members (excludes halogenated alkanes) is 7. The number of halogens is 5. The number of hydrogen-bond donors (Lipinski definition) is 2. The van der Waals surface area contributed by atoms with Crippen molar-refractivity contribution in [3.8, 4) is 0 Å². The highest BCUT2D eigenvalue weighted by Crippen LogP contribution is 2.66. The summed E-state index contributed by atoms with van der Waals surface area (Å²) in [6, 6.07) is 0. The van der Waals surface area contributed by atoms with E-state index in [9.17, 15) is 36.6 Å². The number of ether oxygens (including phenoxy) is 1. The number of rotatable bonds is 16. The van der Waals surface area contributed by atoms with Gasteiger partial charge < -0.3 is 15.2 Å². The molecule has 1 amide bonds. The summed E-state index contributed by atoms with van der Waals surface area (Å²) in [5, 5.41) is 13.4. The molecule has 8 atom stereocenters. The number of carbonyl (C=O) groups excluding carboxylic acids is 2. The van der Waals surface area contributed by atoms with Gasteiger partial charge >= 0.3 is 12.1 Å². The molecule has 45 heavy (non-hydrogen) atoms. The van der Waals surface area contributed by atoms with Crippen LogP contribution in [0.4, 0.5) is 22.0 Å². The molecule has 4 rings (SSSR count). The van der Waals surface area contributed by atoms with E-state index in [1.165, 1.54) is 0 Å². The normalized spacial score (nSPS) is 35.1. The molecule has 5 nitrogen and oxygen atoms in total. The van der Waals surface area contributed by atoms with Gasteiger partial charge in [-0.25, -0.2) is 0 Å². The zero-order valence-corrected chi connectivity index (χ0v) is 27.4. The van der Waals surface area contributed by atoms with Crippen molar-refractivity contribution in [3.05, 3.63) is 0 Å². The highest BCUT2D eigenvalue weighted by atomic mass is 19.4. The molecule has 0 heterocycles. The highest BCUT2D eigenvalue weighted by Gasteiger charge is 2.63. The van der Waals surface area contributed by atoms with E-state index in [4.69, 9.17) is 4.74 Å². The first-order valence-corrected chi connectivity index (χ1v) is 17.7. The fourth-order valence-corrected chi connectivity index (χ4v) is 9.72. The van der Waals surface area contributed by atoms with Crippen molar-refractivity contribution in [2.75, 3.05) is 13.2 Å². The van der Waals surface area contributed by atoms with Crippen LogP contribution in [0.3, 0.4) is 0 Å². The van der Waals surface area contributed by atoms with Crippen LogP contribution in [-0.2, 0) is 14.3 Å². The van der Waals surface area contributed by atoms with Crippen molar-refractivity contribution in [3.63, 3.8) is 0 Å². The molecule has 2 N–H and O–H groups in total. The van der Waals surface area contributed by atoms with Gasteiger partial charge in [0.05, 0.1) is 12.2 Å². The number of aliphatic hydroxyl groups is 1. The predicted molar refractivity (Wildman–Crippen MR) is 163 cm³/mol. The maximum atomic E-state index is 12.9. The Bertz CT molecular complexity index is 992. The van der Waals surface area contributed by atoms with Gasteiger partial charge in [-0.2, -0.15) is 22.0 Å². The number of carbonyl (C=O) groups is 2. The Morgan fingerprint density at radius 1 is 0.911 bits per heavy atom. The van der Waals surface area contributed by atoms with Crippen LogP contribution in [0.25, 0.3) is 0 Å². The second-order valence-corrected chi connectivity index (χ2v) is 15.3. The van der Waals surface area contributed by atoms with Crippen LogP contribution < -0.4 is 5.32 Å². The summed E-state index contributed by atoms with van der Waals surface area (Å²) in [5.74, 6) is -2.56. The van der Waals surface area contributed by atoms with Crippen molar-refractivity contribution < 1.29 is 41.4 Å². The van der Waals surface area contributed by atoms with Crippen LogP contribution in [0.15, 0.2) is 0 Å². The van der Waals surface area contributed by atoms with Gasteiger partial charge in [0.15, 0.2) is 0 Å². The Balaban J connectivity index is 1.09. The Hall–Kier alpha value is -1.29. The minimum absolute atomic E-state index is 0.0748. The first-order chi connectivity index (χ1) is 21.2. The minimum atomic E-state index is -5.55. The van der Waals surface area contributed by atoms with Crippen LogP contribution in [0.1, 0.15) is 136 Å². The lowest BCUT2D eigenvalue weighted by Gasteiger charge is -2.62. The summed E-state index contributed by atoms with van der Waals surface area (Å²) in [4.78, 5) is 24.2. The first kappa shape index (κ1) is 36.5. The van der Waals surface area contributed by atoms with Crippen LogP contribution in [0.5, 0.6) is 0 Å². The van der Waals surface area contributed by atoms with Gasteiger partial charge in [0, 0.05) is 38.8 Å². The summed E-state index contributed by atoms with van der Waals surface area (Å²) >= 11 is 0. The Labute approximate surface area is 266 Å². The SMILES string of the molecule is C[C@]12CCC(=O)CC1CC[C@@H]1[C@H]2C(OCCCCCCCCCCC(=O)NCCCC(F)(F)C(F)(F)F)C[C@]2(C)C(O)CC[C@@H]12. The standard InChI is InChI=1S/C35H56F5NO4/c1-32-19-17-25(42)22-24(32)13-14-26-27-15-16-29(43)33(27,2)23-28(31(26)32)45-21-10-8-6-4-3-5-7-9-12-30(44)41-20-11-18-34(36,37)35(38,39)40/h24,26-29,31,43H,3-23H2,1-2H3,(H,41,44)/t24?,26-,27-,28?,29?,31-,32-,33-/m0/s1. The lowest BCUT2D eigenvalue weighted by atomic mass is 9.44. The average molecular weight is 650 g/mol. The van der Waals surface area contributed by atoms with Crippen molar-refractivity contribution in [2.24, 2.45) is 34.5 Å². The second kappa shape index (κ2) is 15.3. The zero-order valence-electron chi connectivity index (χ0n) is 27.4. The molecule has 3 unspecified atom stereocenters. The monoisotopic (exact) mass is 649 g/mol. The van der Waals surface area contributed by atoms with Gasteiger partial charge in [-0.15, -0.1) is 0 Å². The summed E-state index contributed by atoms with van der Waals surface area (Å²) in [6.45, 7) is 5.27. The topological polar surface area (TPSA) is 75.6 Å². The fourth-order valence-electron chi connectivity index (χ4n) is 9.72. The van der Waals surface area contributed by atoms with E-state index in [0.717, 1.165) is 96.5 Å². The quantitative estimate of drug-likeness (QED) is 0.130. The molecule has 0 saturated heterocycles. The maximum Gasteiger partial charge on any atom is 0.453 e. The third-order valence-electron chi connectivity index (χ3n) is 12.4. The molecule has 0 radical (unpaired) electrons.